The van der Waals surface area contributed by atoms with Crippen LogP contribution in [0.5, 0.6) is 0 Å². The van der Waals surface area contributed by atoms with Gasteiger partial charge in [0.05, 0.1) is 16.4 Å². The van der Waals surface area contributed by atoms with Gasteiger partial charge in [0, 0.05) is 18.7 Å². The Morgan fingerprint density at radius 1 is 1.37 bits per heavy atom. The summed E-state index contributed by atoms with van der Waals surface area (Å²) in [5.41, 5.74) is 0.169. The predicted octanol–water partition coefficient (Wildman–Crippen LogP) is 1.51. The molecule has 0 bridgehead atoms. The lowest BCUT2D eigenvalue weighted by atomic mass is 10.2. The third kappa shape index (κ3) is 4.22. The van der Waals surface area contributed by atoms with Crippen LogP contribution in [0.4, 0.5) is 9.18 Å². The summed E-state index contributed by atoms with van der Waals surface area (Å²) in [5.74, 6) is -1.82. The molecule has 2 saturated heterocycles. The van der Waals surface area contributed by atoms with Crippen LogP contribution in [0.2, 0.25) is 0 Å². The Morgan fingerprint density at radius 2 is 2.07 bits per heavy atom. The molecule has 1 atom stereocenters. The summed E-state index contributed by atoms with van der Waals surface area (Å²) < 4.78 is 36.9. The molecule has 10 heteroatoms. The number of benzene rings is 1. The fourth-order valence-electron chi connectivity index (χ4n) is 2.90. The quantitative estimate of drug-likeness (QED) is 0.696. The van der Waals surface area contributed by atoms with Gasteiger partial charge in [0.15, 0.2) is 9.84 Å². The first-order chi connectivity index (χ1) is 12.7. The summed E-state index contributed by atoms with van der Waals surface area (Å²) in [6.45, 7) is -0.480. The van der Waals surface area contributed by atoms with E-state index in [0.717, 1.165) is 4.90 Å². The van der Waals surface area contributed by atoms with Crippen LogP contribution in [-0.2, 0) is 19.4 Å². The number of halogens is 1. The van der Waals surface area contributed by atoms with Crippen molar-refractivity contribution in [3.63, 3.8) is 0 Å². The minimum absolute atomic E-state index is 0.0161. The van der Waals surface area contributed by atoms with Crippen molar-refractivity contribution < 1.29 is 27.2 Å². The van der Waals surface area contributed by atoms with Gasteiger partial charge >= 0.3 is 0 Å². The van der Waals surface area contributed by atoms with Crippen LogP contribution in [-0.4, -0.2) is 66.4 Å². The van der Waals surface area contributed by atoms with Crippen molar-refractivity contribution in [2.75, 3.05) is 25.1 Å². The number of carbonyl (C=O) groups is 3. The molecule has 2 heterocycles. The van der Waals surface area contributed by atoms with Gasteiger partial charge in [0.1, 0.15) is 12.4 Å². The molecule has 0 aromatic heterocycles. The number of carbonyl (C=O) groups excluding carboxylic acids is 3. The summed E-state index contributed by atoms with van der Waals surface area (Å²) in [6, 6.07) is 5.37. The van der Waals surface area contributed by atoms with Crippen LogP contribution >= 0.6 is 11.8 Å². The minimum atomic E-state index is -3.16. The average molecular weight is 412 g/mol. The first-order valence-electron chi connectivity index (χ1n) is 8.14. The maximum absolute atomic E-state index is 13.7. The number of likely N-dealkylation sites (N-methyl/N-ethyl adjacent to an activating group) is 1. The van der Waals surface area contributed by atoms with Crippen molar-refractivity contribution in [3.8, 4) is 0 Å². The molecular formula is C17H17FN2O5S2. The predicted molar refractivity (Wildman–Crippen MR) is 98.9 cm³/mol. The number of hydrogen-bond donors (Lipinski definition) is 0. The maximum atomic E-state index is 13.7. The van der Waals surface area contributed by atoms with E-state index < -0.39 is 45.3 Å². The van der Waals surface area contributed by atoms with Crippen molar-refractivity contribution in [1.82, 2.24) is 9.80 Å². The highest BCUT2D eigenvalue weighted by atomic mass is 32.2. The molecule has 0 spiro atoms. The Kier molecular flexibility index (Phi) is 5.38. The van der Waals surface area contributed by atoms with Gasteiger partial charge in [-0.1, -0.05) is 18.2 Å². The number of imide groups is 1. The first kappa shape index (κ1) is 19.6. The van der Waals surface area contributed by atoms with E-state index in [1.165, 1.54) is 36.2 Å². The highest BCUT2D eigenvalue weighted by molar-refractivity contribution is 8.18. The van der Waals surface area contributed by atoms with E-state index in [4.69, 9.17) is 0 Å². The Hall–Kier alpha value is -2.20. The zero-order chi connectivity index (χ0) is 19.8. The molecule has 3 rings (SSSR count). The molecule has 7 nitrogen and oxygen atoms in total. The van der Waals surface area contributed by atoms with Crippen molar-refractivity contribution in [2.45, 2.75) is 12.5 Å². The zero-order valence-corrected chi connectivity index (χ0v) is 16.1. The summed E-state index contributed by atoms with van der Waals surface area (Å²) in [4.78, 5) is 39.1. The maximum Gasteiger partial charge on any atom is 0.294 e. The Morgan fingerprint density at radius 3 is 2.70 bits per heavy atom. The molecule has 2 aliphatic heterocycles. The second-order valence-corrected chi connectivity index (χ2v) is 9.57. The molecule has 2 aliphatic rings. The zero-order valence-electron chi connectivity index (χ0n) is 14.4. The second kappa shape index (κ2) is 7.43. The van der Waals surface area contributed by atoms with Gasteiger partial charge in [-0.05, 0) is 30.3 Å². The smallest absolute Gasteiger partial charge is 0.294 e. The van der Waals surface area contributed by atoms with Crippen LogP contribution in [0.1, 0.15) is 12.0 Å². The fourth-order valence-corrected chi connectivity index (χ4v) is 5.50. The van der Waals surface area contributed by atoms with E-state index in [-0.39, 0.29) is 22.0 Å². The molecule has 0 N–H and O–H groups in total. The number of amides is 3. The third-order valence-electron chi connectivity index (χ3n) is 4.51. The molecule has 1 unspecified atom stereocenters. The molecule has 3 amide bonds. The van der Waals surface area contributed by atoms with Gasteiger partial charge in [0.25, 0.3) is 11.1 Å². The highest BCUT2D eigenvalue weighted by Crippen LogP contribution is 2.32. The fraction of sp³-hybridized carbons (Fsp3) is 0.353. The SMILES string of the molecule is CN(C(=O)CN1C(=O)SC(=Cc2ccccc2F)C1=O)C1CCS(=O)(=O)C1. The average Bonchev–Trinajstić information content (AvgIpc) is 3.10. The normalized spacial score (nSPS) is 23.3. The Labute approximate surface area is 160 Å². The third-order valence-corrected chi connectivity index (χ3v) is 7.17. The number of rotatable bonds is 4. The lowest BCUT2D eigenvalue weighted by Gasteiger charge is -2.25. The lowest BCUT2D eigenvalue weighted by Crippen LogP contribution is -2.45. The number of hydrogen-bond acceptors (Lipinski definition) is 6. The van der Waals surface area contributed by atoms with Crippen molar-refractivity contribution >= 4 is 44.7 Å². The summed E-state index contributed by atoms with van der Waals surface area (Å²) >= 11 is 0.636. The van der Waals surface area contributed by atoms with Crippen LogP contribution in [0.25, 0.3) is 6.08 Å². The molecule has 2 fully saturated rings. The van der Waals surface area contributed by atoms with Gasteiger partial charge in [-0.15, -0.1) is 0 Å². The molecular weight excluding hydrogens is 395 g/mol. The van der Waals surface area contributed by atoms with Gasteiger partial charge in [-0.3, -0.25) is 19.3 Å². The molecule has 0 aliphatic carbocycles. The molecule has 27 heavy (non-hydrogen) atoms. The van der Waals surface area contributed by atoms with Crippen LogP contribution < -0.4 is 0 Å². The van der Waals surface area contributed by atoms with Crippen LogP contribution in [0, 0.1) is 5.82 Å². The van der Waals surface area contributed by atoms with Gasteiger partial charge in [-0.25, -0.2) is 12.8 Å². The lowest BCUT2D eigenvalue weighted by molar-refractivity contribution is -0.136. The first-order valence-corrected chi connectivity index (χ1v) is 10.8. The largest absolute Gasteiger partial charge is 0.340 e. The van der Waals surface area contributed by atoms with Gasteiger partial charge < -0.3 is 4.90 Å². The molecule has 1 aromatic rings. The molecule has 1 aromatic carbocycles. The van der Waals surface area contributed by atoms with E-state index in [2.05, 4.69) is 0 Å². The van der Waals surface area contributed by atoms with E-state index in [9.17, 15) is 27.2 Å². The molecule has 144 valence electrons. The van der Waals surface area contributed by atoms with Gasteiger partial charge in [-0.2, -0.15) is 0 Å². The van der Waals surface area contributed by atoms with E-state index in [0.29, 0.717) is 18.2 Å². The standard InChI is InChI=1S/C17H17FN2O5S2/c1-19(12-6-7-27(24,25)10-12)15(21)9-20-16(22)14(26-17(20)23)8-11-4-2-3-5-13(11)18/h2-5,8,12H,6-7,9-10H2,1H3. The van der Waals surface area contributed by atoms with Crippen molar-refractivity contribution in [2.24, 2.45) is 0 Å². The molecule has 0 saturated carbocycles. The summed E-state index contributed by atoms with van der Waals surface area (Å²) in [6.07, 6.45) is 1.61. The summed E-state index contributed by atoms with van der Waals surface area (Å²) in [7, 11) is -1.70. The van der Waals surface area contributed by atoms with Crippen LogP contribution in [0.3, 0.4) is 0 Å². The Bertz CT molecular complexity index is 944. The van der Waals surface area contributed by atoms with E-state index in [1.807, 2.05) is 0 Å². The van der Waals surface area contributed by atoms with Crippen molar-refractivity contribution in [1.29, 1.82) is 0 Å². The summed E-state index contributed by atoms with van der Waals surface area (Å²) in [5, 5.41) is -0.622. The number of thioether (sulfide) groups is 1. The number of nitrogens with zero attached hydrogens (tertiary/aromatic N) is 2. The monoisotopic (exact) mass is 412 g/mol. The van der Waals surface area contributed by atoms with Crippen LogP contribution in [0.15, 0.2) is 29.2 Å². The molecule has 0 radical (unpaired) electrons. The highest BCUT2D eigenvalue weighted by Gasteiger charge is 2.39. The van der Waals surface area contributed by atoms with Gasteiger partial charge in [0.2, 0.25) is 5.91 Å². The van der Waals surface area contributed by atoms with Crippen molar-refractivity contribution in [3.05, 3.63) is 40.6 Å². The Balaban J connectivity index is 1.70. The minimum Gasteiger partial charge on any atom is -0.340 e. The van der Waals surface area contributed by atoms with E-state index >= 15 is 0 Å². The second-order valence-electron chi connectivity index (χ2n) is 6.35. The topological polar surface area (TPSA) is 91.8 Å². The number of sulfone groups is 1. The van der Waals surface area contributed by atoms with E-state index in [1.54, 1.807) is 6.07 Å².